The van der Waals surface area contributed by atoms with Gasteiger partial charge in [-0.2, -0.15) is 13.2 Å². The molecule has 0 radical (unpaired) electrons. The molecule has 1 N–H and O–H groups in total. The van der Waals surface area contributed by atoms with Crippen molar-refractivity contribution in [2.24, 2.45) is 0 Å². The van der Waals surface area contributed by atoms with Crippen LogP contribution in [-0.2, 0) is 17.5 Å². The highest BCUT2D eigenvalue weighted by Gasteiger charge is 2.31. The zero-order chi connectivity index (χ0) is 20.6. The Morgan fingerprint density at radius 3 is 2.79 bits per heavy atom. The fourth-order valence-electron chi connectivity index (χ4n) is 3.43. The summed E-state index contributed by atoms with van der Waals surface area (Å²) in [6.45, 7) is 0.322. The van der Waals surface area contributed by atoms with Gasteiger partial charge < -0.3 is 14.5 Å². The van der Waals surface area contributed by atoms with Gasteiger partial charge in [0.05, 0.1) is 5.56 Å². The van der Waals surface area contributed by atoms with E-state index < -0.39 is 29.8 Å². The third kappa shape index (κ3) is 3.80. The molecular weight excluding hydrogens is 385 g/mol. The van der Waals surface area contributed by atoms with E-state index in [9.17, 15) is 22.8 Å². The van der Waals surface area contributed by atoms with E-state index >= 15 is 0 Å². The molecule has 1 amide bonds. The quantitative estimate of drug-likeness (QED) is 0.732. The van der Waals surface area contributed by atoms with E-state index in [4.69, 9.17) is 0 Å². The van der Waals surface area contributed by atoms with E-state index in [1.807, 2.05) is 24.4 Å². The molecule has 0 saturated heterocycles. The van der Waals surface area contributed by atoms with Gasteiger partial charge in [-0.25, -0.2) is 4.98 Å². The highest BCUT2D eigenvalue weighted by molar-refractivity contribution is 5.91. The van der Waals surface area contributed by atoms with Gasteiger partial charge in [0.15, 0.2) is 0 Å². The molecule has 0 spiro atoms. The molecule has 6 nitrogen and oxygen atoms in total. The summed E-state index contributed by atoms with van der Waals surface area (Å²) in [4.78, 5) is 33.3. The zero-order valence-electron chi connectivity index (χ0n) is 15.2. The highest BCUT2D eigenvalue weighted by Crippen LogP contribution is 2.29. The van der Waals surface area contributed by atoms with E-state index in [0.717, 1.165) is 38.9 Å². The van der Waals surface area contributed by atoms with Crippen molar-refractivity contribution in [1.82, 2.24) is 19.4 Å². The molecule has 0 atom stereocenters. The number of aromatic amines is 1. The smallest absolute Gasteiger partial charge is 0.346 e. The Balaban J connectivity index is 1.49. The summed E-state index contributed by atoms with van der Waals surface area (Å²) in [5.41, 5.74) is 1.27. The number of fused-ring (bicyclic) bond motifs is 1. The van der Waals surface area contributed by atoms with Gasteiger partial charge in [0.25, 0.3) is 5.56 Å². The van der Waals surface area contributed by atoms with Gasteiger partial charge in [-0.05, 0) is 30.2 Å². The second-order valence-corrected chi connectivity index (χ2v) is 6.80. The number of hydrogen-bond donors (Lipinski definition) is 1. The number of amides is 1. The SMILES string of the molecule is O=C(Cn1cc(C(F)(F)F)ccc1=O)N1CC=C(c2c[nH]c3ncccc23)CC1. The minimum absolute atomic E-state index is 0.328. The van der Waals surface area contributed by atoms with Crippen LogP contribution in [0.5, 0.6) is 0 Å². The first-order chi connectivity index (χ1) is 13.8. The van der Waals surface area contributed by atoms with E-state index in [0.29, 0.717) is 25.7 Å². The molecule has 0 fully saturated rings. The molecule has 0 unspecified atom stereocenters. The monoisotopic (exact) mass is 402 g/mol. The largest absolute Gasteiger partial charge is 0.417 e. The Hall–Kier alpha value is -3.36. The summed E-state index contributed by atoms with van der Waals surface area (Å²) in [7, 11) is 0. The van der Waals surface area contributed by atoms with Crippen molar-refractivity contribution < 1.29 is 18.0 Å². The molecular formula is C20H17F3N4O2. The molecule has 0 saturated carbocycles. The van der Waals surface area contributed by atoms with Crippen LogP contribution in [-0.4, -0.2) is 38.4 Å². The molecule has 0 bridgehead atoms. The average Bonchev–Trinajstić information content (AvgIpc) is 3.13. The van der Waals surface area contributed by atoms with Crippen LogP contribution in [0.1, 0.15) is 17.5 Å². The standard InChI is InChI=1S/C20H17F3N4O2/c21-20(22,23)14-3-4-17(28)27(11-14)12-18(29)26-8-5-13(6-9-26)16-10-25-19-15(16)2-1-7-24-19/h1-5,7,10-11H,6,8-9,12H2,(H,24,25). The van der Waals surface area contributed by atoms with Gasteiger partial charge in [0, 0.05) is 48.7 Å². The first kappa shape index (κ1) is 19.0. The Kier molecular flexibility index (Phi) is 4.73. The van der Waals surface area contributed by atoms with Crippen LogP contribution < -0.4 is 5.56 Å². The molecule has 4 heterocycles. The second-order valence-electron chi connectivity index (χ2n) is 6.80. The van der Waals surface area contributed by atoms with E-state index in [1.54, 1.807) is 6.20 Å². The van der Waals surface area contributed by atoms with Crippen molar-refractivity contribution in [2.75, 3.05) is 13.1 Å². The predicted octanol–water partition coefficient (Wildman–Crippen LogP) is 3.06. The fraction of sp³-hybridized carbons (Fsp3) is 0.250. The fourth-order valence-corrected chi connectivity index (χ4v) is 3.43. The van der Waals surface area contributed by atoms with Gasteiger partial charge in [0.2, 0.25) is 5.91 Å². The van der Waals surface area contributed by atoms with E-state index in [1.165, 1.54) is 4.90 Å². The van der Waals surface area contributed by atoms with Crippen LogP contribution in [0.4, 0.5) is 13.2 Å². The molecule has 9 heteroatoms. The third-order valence-corrected chi connectivity index (χ3v) is 4.98. The summed E-state index contributed by atoms with van der Waals surface area (Å²) in [6.07, 6.45) is 2.22. The van der Waals surface area contributed by atoms with Crippen LogP contribution in [0.3, 0.4) is 0 Å². The number of carbonyl (C=O) groups excluding carboxylic acids is 1. The lowest BCUT2D eigenvalue weighted by atomic mass is 9.99. The lowest BCUT2D eigenvalue weighted by Crippen LogP contribution is -2.39. The minimum atomic E-state index is -4.57. The third-order valence-electron chi connectivity index (χ3n) is 4.98. The maximum Gasteiger partial charge on any atom is 0.417 e. The Morgan fingerprint density at radius 2 is 2.07 bits per heavy atom. The van der Waals surface area contributed by atoms with Crippen molar-refractivity contribution in [3.63, 3.8) is 0 Å². The summed E-state index contributed by atoms with van der Waals surface area (Å²) in [5.74, 6) is -0.401. The van der Waals surface area contributed by atoms with Gasteiger partial charge in [-0.1, -0.05) is 6.08 Å². The minimum Gasteiger partial charge on any atom is -0.346 e. The Labute approximate surface area is 163 Å². The highest BCUT2D eigenvalue weighted by atomic mass is 19.4. The van der Waals surface area contributed by atoms with Gasteiger partial charge >= 0.3 is 6.18 Å². The van der Waals surface area contributed by atoms with E-state index in [2.05, 4.69) is 9.97 Å². The Bertz CT molecular complexity index is 1160. The molecule has 29 heavy (non-hydrogen) atoms. The van der Waals surface area contributed by atoms with Crippen LogP contribution in [0.15, 0.2) is 53.7 Å². The van der Waals surface area contributed by atoms with Crippen LogP contribution in [0, 0.1) is 0 Å². The van der Waals surface area contributed by atoms with Crippen molar-refractivity contribution in [3.05, 3.63) is 70.4 Å². The molecule has 150 valence electrons. The van der Waals surface area contributed by atoms with Crippen molar-refractivity contribution in [3.8, 4) is 0 Å². The summed E-state index contributed by atoms with van der Waals surface area (Å²) in [6, 6.07) is 5.36. The first-order valence-electron chi connectivity index (χ1n) is 9.00. The summed E-state index contributed by atoms with van der Waals surface area (Å²) < 4.78 is 39.4. The number of rotatable bonds is 3. The first-order valence-corrected chi connectivity index (χ1v) is 9.00. The maximum atomic E-state index is 12.9. The van der Waals surface area contributed by atoms with Crippen LogP contribution in [0.2, 0.25) is 0 Å². The molecule has 1 aliphatic rings. The summed E-state index contributed by atoms with van der Waals surface area (Å²) >= 11 is 0. The second kappa shape index (κ2) is 7.23. The summed E-state index contributed by atoms with van der Waals surface area (Å²) in [5, 5.41) is 0.994. The normalized spacial score (nSPS) is 14.9. The predicted molar refractivity (Wildman–Crippen MR) is 101 cm³/mol. The number of nitrogens with one attached hydrogen (secondary N) is 1. The molecule has 3 aromatic heterocycles. The molecule has 0 aliphatic carbocycles. The van der Waals surface area contributed by atoms with Gasteiger partial charge in [0.1, 0.15) is 12.2 Å². The average molecular weight is 402 g/mol. The van der Waals surface area contributed by atoms with Gasteiger partial charge in [-0.15, -0.1) is 0 Å². The topological polar surface area (TPSA) is 71.0 Å². The molecule has 3 aromatic rings. The number of alkyl halides is 3. The number of pyridine rings is 2. The number of aromatic nitrogens is 3. The van der Waals surface area contributed by atoms with Gasteiger partial charge in [-0.3, -0.25) is 9.59 Å². The van der Waals surface area contributed by atoms with Crippen LogP contribution >= 0.6 is 0 Å². The van der Waals surface area contributed by atoms with Crippen molar-refractivity contribution >= 4 is 22.5 Å². The van der Waals surface area contributed by atoms with Crippen molar-refractivity contribution in [2.45, 2.75) is 19.1 Å². The van der Waals surface area contributed by atoms with Crippen LogP contribution in [0.25, 0.3) is 16.6 Å². The Morgan fingerprint density at radius 1 is 1.24 bits per heavy atom. The van der Waals surface area contributed by atoms with E-state index in [-0.39, 0.29) is 0 Å². The maximum absolute atomic E-state index is 12.9. The number of nitrogens with zero attached hydrogens (tertiary/aromatic N) is 3. The molecule has 0 aromatic carbocycles. The lowest BCUT2D eigenvalue weighted by Gasteiger charge is -2.27. The van der Waals surface area contributed by atoms with Crippen molar-refractivity contribution in [1.29, 1.82) is 0 Å². The zero-order valence-corrected chi connectivity index (χ0v) is 15.2. The molecule has 4 rings (SSSR count). The number of carbonyl (C=O) groups is 1. The number of halogens is 3. The lowest BCUT2D eigenvalue weighted by molar-refractivity contribution is -0.138. The molecule has 1 aliphatic heterocycles. The number of H-pyrrole nitrogens is 1. The number of hydrogen-bond acceptors (Lipinski definition) is 3.